The zero-order chi connectivity index (χ0) is 15.5. The second-order valence-corrected chi connectivity index (χ2v) is 5.71. The molecule has 0 spiro atoms. The van der Waals surface area contributed by atoms with Crippen LogP contribution in [0.1, 0.15) is 40.5 Å². The minimum absolute atomic E-state index is 0. The predicted octanol–water partition coefficient (Wildman–Crippen LogP) is -0.664. The first-order valence-electron chi connectivity index (χ1n) is 7.82. The van der Waals surface area contributed by atoms with Gasteiger partial charge in [-0.15, -0.1) is 0 Å². The number of hydrogen-bond donors (Lipinski definition) is 2. The van der Waals surface area contributed by atoms with Crippen LogP contribution in [0.5, 0.6) is 0 Å². The second kappa shape index (κ2) is 12.6. The maximum atomic E-state index is 4.94. The molecule has 1 aromatic rings. The summed E-state index contributed by atoms with van der Waals surface area (Å²) in [4.78, 5) is 3.30. The van der Waals surface area contributed by atoms with Crippen molar-refractivity contribution < 1.29 is 28.6 Å². The van der Waals surface area contributed by atoms with Crippen molar-refractivity contribution in [1.29, 1.82) is 0 Å². The van der Waals surface area contributed by atoms with E-state index in [-0.39, 0.29) is 18.9 Å². The number of ether oxygens (including phenoxy) is 1. The molecule has 1 heterocycles. The van der Waals surface area contributed by atoms with Crippen LogP contribution in [0.25, 0.3) is 5.32 Å². The Morgan fingerprint density at radius 1 is 1.09 bits per heavy atom. The van der Waals surface area contributed by atoms with Crippen LogP contribution in [0.4, 0.5) is 5.69 Å². The van der Waals surface area contributed by atoms with Gasteiger partial charge in [0.2, 0.25) is 0 Å². The zero-order valence-electron chi connectivity index (χ0n) is 14.7. The molecule has 22 heavy (non-hydrogen) atoms. The number of benzene rings is 1. The van der Waals surface area contributed by atoms with Crippen molar-refractivity contribution in [2.75, 3.05) is 13.2 Å². The van der Waals surface area contributed by atoms with Gasteiger partial charge in [0.1, 0.15) is 0 Å². The maximum absolute atomic E-state index is 4.94. The fraction of sp³-hybridized carbons (Fsp3) is 0.588. The van der Waals surface area contributed by atoms with Crippen molar-refractivity contribution in [1.82, 2.24) is 5.32 Å². The summed E-state index contributed by atoms with van der Waals surface area (Å²) in [6.45, 7) is 10.4. The largest absolute Gasteiger partial charge is 1.00 e. The summed E-state index contributed by atoms with van der Waals surface area (Å²) in [6, 6.07) is 10.7. The number of nitrogens with one attached hydrogen (secondary N) is 2. The summed E-state index contributed by atoms with van der Waals surface area (Å²) >= 11 is 0. The van der Waals surface area contributed by atoms with Gasteiger partial charge >= 0.3 is 18.9 Å². The molecule has 0 unspecified atom stereocenters. The monoisotopic (exact) mass is 298 g/mol. The van der Waals surface area contributed by atoms with Crippen LogP contribution in [-0.4, -0.2) is 31.3 Å². The Hall–Kier alpha value is -0.953. The van der Waals surface area contributed by atoms with E-state index in [0.717, 1.165) is 24.9 Å². The first-order chi connectivity index (χ1) is 10.1. The molecule has 0 aromatic heterocycles. The van der Waals surface area contributed by atoms with Gasteiger partial charge in [0, 0.05) is 25.3 Å². The molecule has 2 N–H and O–H groups in total. The van der Waals surface area contributed by atoms with Crippen LogP contribution in [0, 0.1) is 0 Å². The molecule has 0 amide bonds. The summed E-state index contributed by atoms with van der Waals surface area (Å²) in [6.07, 6.45) is 2.56. The Balaban J connectivity index is 0.000000622. The van der Waals surface area contributed by atoms with Gasteiger partial charge in [-0.05, 0) is 52.7 Å². The van der Waals surface area contributed by atoms with Crippen molar-refractivity contribution in [3.05, 3.63) is 35.6 Å². The number of hydrogen-bond acceptors (Lipinski definition) is 1. The van der Waals surface area contributed by atoms with Gasteiger partial charge < -0.3 is 15.0 Å². The van der Waals surface area contributed by atoms with Gasteiger partial charge in [0.15, 0.2) is 5.96 Å². The molecule has 4 nitrogen and oxygen atoms in total. The first kappa shape index (κ1) is 21.0. The van der Waals surface area contributed by atoms with Crippen molar-refractivity contribution in [2.24, 2.45) is 0 Å². The normalized spacial score (nSPS) is 14.2. The quantitative estimate of drug-likeness (QED) is 0.442. The molecule has 5 heteroatoms. The van der Waals surface area contributed by atoms with E-state index in [1.807, 2.05) is 30.3 Å². The summed E-state index contributed by atoms with van der Waals surface area (Å²) in [5.74, 6) is 0.830. The Bertz CT molecular complexity index is 396. The van der Waals surface area contributed by atoms with Crippen molar-refractivity contribution in [3.63, 3.8) is 0 Å². The van der Waals surface area contributed by atoms with Crippen molar-refractivity contribution in [2.45, 2.75) is 52.6 Å². The Morgan fingerprint density at radius 2 is 1.68 bits per heavy atom. The van der Waals surface area contributed by atoms with Crippen LogP contribution in [0.3, 0.4) is 0 Å². The summed E-state index contributed by atoms with van der Waals surface area (Å²) in [5.41, 5.74) is 0.957. The van der Waals surface area contributed by atoms with Gasteiger partial charge in [0.25, 0.3) is 0 Å². The molecule has 118 valence electrons. The van der Waals surface area contributed by atoms with E-state index >= 15 is 0 Å². The van der Waals surface area contributed by atoms with Gasteiger partial charge in [0.05, 0.1) is 5.69 Å². The fourth-order valence-corrected chi connectivity index (χ4v) is 1.80. The van der Waals surface area contributed by atoms with Crippen molar-refractivity contribution >= 4 is 11.6 Å². The smallest absolute Gasteiger partial charge is 0.381 e. The SMILES string of the molecule is C1CCOC1.CC(C)NC([N-]c1ccccc1)=[NH+]C(C)C.[Li+]. The van der Waals surface area contributed by atoms with Gasteiger partial charge in [-0.25, -0.2) is 5.32 Å². The molecule has 1 fully saturated rings. The summed E-state index contributed by atoms with van der Waals surface area (Å²) in [5, 5.41) is 7.83. The molecule has 0 bridgehead atoms. The van der Waals surface area contributed by atoms with E-state index in [0.29, 0.717) is 12.1 Å². The number of rotatable bonds is 3. The van der Waals surface area contributed by atoms with E-state index < -0.39 is 0 Å². The standard InChI is InChI=1S/C13H20N3.C4H8O.Li/c1-10(2)14-13(15-11(3)4)16-12-8-6-5-7-9-12;1-2-4-5-3-1;/h5-11H,1-4H3,(H-,14,15,16);1-4H2;/q-1;;+1/p+1. The fourth-order valence-electron chi connectivity index (χ4n) is 1.80. The number of nitrogens with zero attached hydrogens (tertiary/aromatic N) is 1. The maximum Gasteiger partial charge on any atom is 1.00 e. The average molecular weight is 298 g/mol. The Labute approximate surface area is 147 Å². The zero-order valence-corrected chi connectivity index (χ0v) is 14.7. The Kier molecular flexibility index (Phi) is 12.0. The summed E-state index contributed by atoms with van der Waals surface area (Å²) in [7, 11) is 0. The third-order valence-corrected chi connectivity index (χ3v) is 2.68. The van der Waals surface area contributed by atoms with Crippen LogP contribution >= 0.6 is 0 Å². The molecule has 0 saturated carbocycles. The van der Waals surface area contributed by atoms with Crippen molar-refractivity contribution in [3.8, 4) is 0 Å². The molecule has 2 rings (SSSR count). The van der Waals surface area contributed by atoms with E-state index in [9.17, 15) is 0 Å². The van der Waals surface area contributed by atoms with E-state index in [1.54, 1.807) is 0 Å². The molecule has 0 aliphatic carbocycles. The van der Waals surface area contributed by atoms with E-state index in [4.69, 9.17) is 4.74 Å². The molecule has 1 aliphatic rings. The minimum atomic E-state index is 0. The number of para-hydroxylation sites is 1. The van der Waals surface area contributed by atoms with Crippen LogP contribution < -0.4 is 29.2 Å². The molecule has 0 radical (unpaired) electrons. The third-order valence-electron chi connectivity index (χ3n) is 2.68. The molecule has 1 aliphatic heterocycles. The molecule has 0 atom stereocenters. The molecule has 1 aromatic carbocycles. The number of guanidine groups is 1. The van der Waals surface area contributed by atoms with E-state index in [1.165, 1.54) is 12.8 Å². The average Bonchev–Trinajstić information content (AvgIpc) is 2.97. The van der Waals surface area contributed by atoms with Crippen LogP contribution in [0.2, 0.25) is 0 Å². The van der Waals surface area contributed by atoms with Gasteiger partial charge in [-0.3, -0.25) is 0 Å². The minimum Gasteiger partial charge on any atom is -0.381 e. The Morgan fingerprint density at radius 3 is 2.09 bits per heavy atom. The van der Waals surface area contributed by atoms with Crippen LogP contribution in [0.15, 0.2) is 30.3 Å². The molecular formula is C17H29LiN3O+. The molecule has 1 saturated heterocycles. The van der Waals surface area contributed by atoms with Gasteiger partial charge in [-0.2, -0.15) is 0 Å². The predicted molar refractivity (Wildman–Crippen MR) is 88.9 cm³/mol. The second-order valence-electron chi connectivity index (χ2n) is 5.71. The van der Waals surface area contributed by atoms with E-state index in [2.05, 4.69) is 43.3 Å². The summed E-state index contributed by atoms with van der Waals surface area (Å²) < 4.78 is 4.94. The van der Waals surface area contributed by atoms with Gasteiger partial charge in [-0.1, -0.05) is 18.2 Å². The molecular weight excluding hydrogens is 269 g/mol. The topological polar surface area (TPSA) is 49.3 Å². The third kappa shape index (κ3) is 10.7. The van der Waals surface area contributed by atoms with Crippen LogP contribution in [-0.2, 0) is 4.74 Å². The first-order valence-corrected chi connectivity index (χ1v) is 7.82.